The van der Waals surface area contributed by atoms with Gasteiger partial charge in [0, 0.05) is 31.4 Å². The molecule has 0 bridgehead atoms. The second-order valence-corrected chi connectivity index (χ2v) is 6.61. The summed E-state index contributed by atoms with van der Waals surface area (Å²) < 4.78 is 1.73. The second-order valence-electron chi connectivity index (χ2n) is 5.58. The van der Waals surface area contributed by atoms with Crippen LogP contribution in [-0.2, 0) is 7.05 Å². The van der Waals surface area contributed by atoms with E-state index in [1.54, 1.807) is 17.1 Å². The van der Waals surface area contributed by atoms with Gasteiger partial charge >= 0.3 is 0 Å². The Morgan fingerprint density at radius 1 is 1.43 bits per heavy atom. The summed E-state index contributed by atoms with van der Waals surface area (Å²) in [5, 5.41) is 4.96. The molecule has 3 heterocycles. The van der Waals surface area contributed by atoms with Gasteiger partial charge in [-0.25, -0.2) is 4.98 Å². The van der Waals surface area contributed by atoms with Crippen LogP contribution in [0.3, 0.4) is 0 Å². The summed E-state index contributed by atoms with van der Waals surface area (Å²) in [7, 11) is 1.86. The van der Waals surface area contributed by atoms with Crippen molar-refractivity contribution in [2.45, 2.75) is 19.4 Å². The summed E-state index contributed by atoms with van der Waals surface area (Å²) in [6.45, 7) is 3.46. The first-order valence-corrected chi connectivity index (χ1v) is 7.86. The maximum Gasteiger partial charge on any atom is 0.265 e. The normalized spacial score (nSPS) is 20.0. The van der Waals surface area contributed by atoms with Gasteiger partial charge in [0.25, 0.3) is 5.91 Å². The standard InChI is InChI=1S/C14H19N5OS.2ClH/c1-9-3-10(4-15)7-19(9)14(20)12-6-16-13(21-12)11-5-17-18(2)8-11;;/h5-6,8-10H,3-4,7,15H2,1-2H3;2*1H. The zero-order valence-electron chi connectivity index (χ0n) is 13.0. The predicted molar refractivity (Wildman–Crippen MR) is 96.5 cm³/mol. The fourth-order valence-electron chi connectivity index (χ4n) is 2.78. The first-order chi connectivity index (χ1) is 10.1. The van der Waals surface area contributed by atoms with E-state index in [-0.39, 0.29) is 36.8 Å². The highest BCUT2D eigenvalue weighted by molar-refractivity contribution is 7.16. The molecule has 1 aliphatic heterocycles. The molecule has 2 aromatic heterocycles. The lowest BCUT2D eigenvalue weighted by Gasteiger charge is -2.20. The van der Waals surface area contributed by atoms with Crippen molar-refractivity contribution < 1.29 is 4.79 Å². The lowest BCUT2D eigenvalue weighted by Crippen LogP contribution is -2.33. The van der Waals surface area contributed by atoms with Gasteiger partial charge in [-0.2, -0.15) is 5.10 Å². The third kappa shape index (κ3) is 4.03. The molecule has 9 heteroatoms. The molecule has 2 unspecified atom stereocenters. The largest absolute Gasteiger partial charge is 0.335 e. The number of likely N-dealkylation sites (tertiary alicyclic amines) is 1. The number of carbonyl (C=O) groups is 1. The predicted octanol–water partition coefficient (Wildman–Crippen LogP) is 2.20. The van der Waals surface area contributed by atoms with Crippen molar-refractivity contribution >= 4 is 42.1 Å². The Hall–Kier alpha value is -1.15. The van der Waals surface area contributed by atoms with Gasteiger partial charge in [0.15, 0.2) is 0 Å². The second kappa shape index (κ2) is 8.10. The van der Waals surface area contributed by atoms with Crippen molar-refractivity contribution in [2.75, 3.05) is 13.1 Å². The van der Waals surface area contributed by atoms with Crippen LogP contribution in [0.25, 0.3) is 10.6 Å². The van der Waals surface area contributed by atoms with Crippen LogP contribution < -0.4 is 5.73 Å². The molecule has 3 rings (SSSR count). The van der Waals surface area contributed by atoms with Crippen LogP contribution in [0.2, 0.25) is 0 Å². The zero-order valence-corrected chi connectivity index (χ0v) is 15.5. The zero-order chi connectivity index (χ0) is 15.0. The van der Waals surface area contributed by atoms with Gasteiger partial charge < -0.3 is 10.6 Å². The smallest absolute Gasteiger partial charge is 0.265 e. The van der Waals surface area contributed by atoms with E-state index < -0.39 is 0 Å². The van der Waals surface area contributed by atoms with Crippen LogP contribution in [0, 0.1) is 5.92 Å². The number of nitrogens with two attached hydrogens (primary N) is 1. The molecule has 1 amide bonds. The van der Waals surface area contributed by atoms with E-state index in [0.29, 0.717) is 17.3 Å². The van der Waals surface area contributed by atoms with E-state index in [9.17, 15) is 4.79 Å². The third-order valence-electron chi connectivity index (χ3n) is 3.92. The fourth-order valence-corrected chi connectivity index (χ4v) is 3.62. The minimum absolute atomic E-state index is 0. The molecule has 0 saturated carbocycles. The van der Waals surface area contributed by atoms with Crippen molar-refractivity contribution in [3.8, 4) is 10.6 Å². The number of nitrogens with zero attached hydrogens (tertiary/aromatic N) is 4. The van der Waals surface area contributed by atoms with Crippen molar-refractivity contribution in [3.05, 3.63) is 23.5 Å². The van der Waals surface area contributed by atoms with Crippen molar-refractivity contribution in [1.82, 2.24) is 19.7 Å². The summed E-state index contributed by atoms with van der Waals surface area (Å²) in [5.74, 6) is 0.473. The molecular weight excluding hydrogens is 357 g/mol. The molecule has 1 fully saturated rings. The molecule has 1 saturated heterocycles. The highest BCUT2D eigenvalue weighted by Crippen LogP contribution is 2.29. The van der Waals surface area contributed by atoms with Crippen molar-refractivity contribution in [2.24, 2.45) is 18.7 Å². The minimum Gasteiger partial charge on any atom is -0.335 e. The number of aromatic nitrogens is 3. The lowest BCUT2D eigenvalue weighted by atomic mass is 10.1. The molecule has 2 N–H and O–H groups in total. The summed E-state index contributed by atoms with van der Waals surface area (Å²) in [6.07, 6.45) is 6.31. The van der Waals surface area contributed by atoms with Gasteiger partial charge in [-0.3, -0.25) is 9.48 Å². The highest BCUT2D eigenvalue weighted by Gasteiger charge is 2.32. The molecule has 0 spiro atoms. The Kier molecular flexibility index (Phi) is 7.01. The van der Waals surface area contributed by atoms with E-state index in [2.05, 4.69) is 17.0 Å². The lowest BCUT2D eigenvalue weighted by molar-refractivity contribution is 0.0748. The first kappa shape index (κ1) is 19.9. The molecule has 0 radical (unpaired) electrons. The summed E-state index contributed by atoms with van der Waals surface area (Å²) in [5.41, 5.74) is 6.66. The molecule has 2 atom stereocenters. The number of carbonyl (C=O) groups excluding carboxylic acids is 1. The third-order valence-corrected chi connectivity index (χ3v) is 4.96. The molecule has 23 heavy (non-hydrogen) atoms. The average molecular weight is 378 g/mol. The van der Waals surface area contributed by atoms with Crippen LogP contribution >= 0.6 is 36.2 Å². The number of hydrogen-bond acceptors (Lipinski definition) is 5. The van der Waals surface area contributed by atoms with Crippen molar-refractivity contribution in [1.29, 1.82) is 0 Å². The molecular formula is C14H21Cl2N5OS. The number of rotatable bonds is 3. The molecule has 6 nitrogen and oxygen atoms in total. The number of hydrogen-bond donors (Lipinski definition) is 1. The van der Waals surface area contributed by atoms with E-state index >= 15 is 0 Å². The number of amides is 1. The van der Waals surface area contributed by atoms with E-state index in [0.717, 1.165) is 23.5 Å². The van der Waals surface area contributed by atoms with Crippen LogP contribution in [0.4, 0.5) is 0 Å². The van der Waals surface area contributed by atoms with Gasteiger partial charge in [0.1, 0.15) is 9.88 Å². The van der Waals surface area contributed by atoms with Gasteiger partial charge in [-0.15, -0.1) is 36.2 Å². The number of halogens is 2. The number of aryl methyl sites for hydroxylation is 1. The molecule has 2 aromatic rings. The average Bonchev–Trinajstić information content (AvgIpc) is 3.16. The maximum atomic E-state index is 12.6. The Labute approximate surface area is 151 Å². The van der Waals surface area contributed by atoms with Crippen LogP contribution in [-0.4, -0.2) is 44.7 Å². The Morgan fingerprint density at radius 3 is 2.74 bits per heavy atom. The molecule has 0 aromatic carbocycles. The number of thiazole rings is 1. The maximum absolute atomic E-state index is 12.6. The summed E-state index contributed by atoms with van der Waals surface area (Å²) >= 11 is 1.42. The Morgan fingerprint density at radius 2 is 2.17 bits per heavy atom. The monoisotopic (exact) mass is 377 g/mol. The Bertz CT molecular complexity index is 659. The molecule has 0 aliphatic carbocycles. The van der Waals surface area contributed by atoms with Gasteiger partial charge in [0.2, 0.25) is 0 Å². The first-order valence-electron chi connectivity index (χ1n) is 7.04. The molecule has 1 aliphatic rings. The molecule has 128 valence electrons. The quantitative estimate of drug-likeness (QED) is 0.888. The summed E-state index contributed by atoms with van der Waals surface area (Å²) in [6, 6.07) is 0.245. The highest BCUT2D eigenvalue weighted by atomic mass is 35.5. The van der Waals surface area contributed by atoms with E-state index in [1.807, 2.05) is 18.1 Å². The summed E-state index contributed by atoms with van der Waals surface area (Å²) in [4.78, 5) is 19.5. The van der Waals surface area contributed by atoms with Crippen LogP contribution in [0.5, 0.6) is 0 Å². The SMILES string of the molecule is CC1CC(CN)CN1C(=O)c1cnc(-c2cnn(C)c2)s1.Cl.Cl. The van der Waals surface area contributed by atoms with Crippen LogP contribution in [0.1, 0.15) is 23.0 Å². The topological polar surface area (TPSA) is 77.0 Å². The fraction of sp³-hybridized carbons (Fsp3) is 0.500. The van der Waals surface area contributed by atoms with Gasteiger partial charge in [-0.05, 0) is 25.8 Å². The van der Waals surface area contributed by atoms with Crippen LogP contribution in [0.15, 0.2) is 18.6 Å². The van der Waals surface area contributed by atoms with E-state index in [1.165, 1.54) is 11.3 Å². The Balaban J connectivity index is 0.00000132. The van der Waals surface area contributed by atoms with Crippen molar-refractivity contribution in [3.63, 3.8) is 0 Å². The minimum atomic E-state index is 0. The van der Waals surface area contributed by atoms with Gasteiger partial charge in [-0.1, -0.05) is 0 Å². The van der Waals surface area contributed by atoms with E-state index in [4.69, 9.17) is 5.73 Å². The van der Waals surface area contributed by atoms with Gasteiger partial charge in [0.05, 0.1) is 12.4 Å².